The van der Waals surface area contributed by atoms with E-state index >= 15 is 0 Å². The van der Waals surface area contributed by atoms with E-state index in [9.17, 15) is 9.18 Å². The molecule has 1 fully saturated rings. The predicted molar refractivity (Wildman–Crippen MR) is 46.4 cm³/mol. The van der Waals surface area contributed by atoms with Crippen LogP contribution in [0, 0.1) is 5.92 Å². The summed E-state index contributed by atoms with van der Waals surface area (Å²) in [4.78, 5) is 13.2. The van der Waals surface area contributed by atoms with Crippen molar-refractivity contribution < 1.29 is 9.18 Å². The first-order chi connectivity index (χ1) is 6.70. The Balaban J connectivity index is 1.97. The molecule has 0 N–H and O–H groups in total. The average Bonchev–Trinajstić information content (AvgIpc) is 2.49. The number of carbonyl (C=O) groups excluding carboxylic acids is 1. The lowest BCUT2D eigenvalue weighted by Crippen LogP contribution is -2.50. The van der Waals surface area contributed by atoms with Crippen LogP contribution >= 0.6 is 0 Å². The lowest BCUT2D eigenvalue weighted by molar-refractivity contribution is 0.0447. The number of halogens is 1. The van der Waals surface area contributed by atoms with Crippen LogP contribution in [0.15, 0.2) is 6.20 Å². The summed E-state index contributed by atoms with van der Waals surface area (Å²) in [6.07, 6.45) is 1.56. The smallest absolute Gasteiger partial charge is 0.276 e. The summed E-state index contributed by atoms with van der Waals surface area (Å²) in [7, 11) is 1.70. The second-order valence-electron chi connectivity index (χ2n) is 3.51. The van der Waals surface area contributed by atoms with Gasteiger partial charge in [0, 0.05) is 26.1 Å². The molecule has 6 heteroatoms. The van der Waals surface area contributed by atoms with Crippen molar-refractivity contribution in [3.8, 4) is 0 Å². The lowest BCUT2D eigenvalue weighted by atomic mass is 10.0. The number of aromatic nitrogens is 3. The van der Waals surface area contributed by atoms with E-state index < -0.39 is 0 Å². The van der Waals surface area contributed by atoms with Crippen LogP contribution in [0.2, 0.25) is 0 Å². The summed E-state index contributed by atoms with van der Waals surface area (Å²) >= 11 is 0. The quantitative estimate of drug-likeness (QED) is 0.664. The number of amides is 1. The fourth-order valence-electron chi connectivity index (χ4n) is 1.44. The van der Waals surface area contributed by atoms with Crippen LogP contribution < -0.4 is 0 Å². The maximum atomic E-state index is 12.1. The monoisotopic (exact) mass is 198 g/mol. The molecule has 1 amide bonds. The van der Waals surface area contributed by atoms with E-state index in [-0.39, 0.29) is 18.5 Å². The maximum Gasteiger partial charge on any atom is 0.276 e. The molecule has 2 heterocycles. The molecule has 1 saturated heterocycles. The van der Waals surface area contributed by atoms with Crippen LogP contribution in [0.5, 0.6) is 0 Å². The maximum absolute atomic E-state index is 12.1. The van der Waals surface area contributed by atoms with Gasteiger partial charge < -0.3 is 4.90 Å². The second kappa shape index (κ2) is 3.36. The van der Waals surface area contributed by atoms with Crippen molar-refractivity contribution in [1.82, 2.24) is 19.9 Å². The van der Waals surface area contributed by atoms with Gasteiger partial charge in [0.05, 0.1) is 12.9 Å². The highest BCUT2D eigenvalue weighted by molar-refractivity contribution is 5.92. The van der Waals surface area contributed by atoms with Gasteiger partial charge in [-0.25, -0.2) is 0 Å². The van der Waals surface area contributed by atoms with E-state index in [1.54, 1.807) is 18.1 Å². The molecule has 0 atom stereocenters. The van der Waals surface area contributed by atoms with Crippen LogP contribution in [0.1, 0.15) is 10.5 Å². The number of nitrogens with zero attached hydrogens (tertiary/aromatic N) is 4. The van der Waals surface area contributed by atoms with Gasteiger partial charge in [-0.1, -0.05) is 5.21 Å². The molecule has 1 aliphatic rings. The molecule has 0 aliphatic carbocycles. The molecule has 14 heavy (non-hydrogen) atoms. The van der Waals surface area contributed by atoms with Crippen molar-refractivity contribution >= 4 is 5.91 Å². The summed E-state index contributed by atoms with van der Waals surface area (Å²) in [6.45, 7) is 0.627. The Bertz CT molecular complexity index is 345. The fourth-order valence-corrected chi connectivity index (χ4v) is 1.44. The molecule has 0 radical (unpaired) electrons. The lowest BCUT2D eigenvalue weighted by Gasteiger charge is -2.37. The average molecular weight is 198 g/mol. The Morgan fingerprint density at radius 2 is 2.43 bits per heavy atom. The molecule has 1 aromatic heterocycles. The van der Waals surface area contributed by atoms with E-state index in [0.717, 1.165) is 0 Å². The summed E-state index contributed by atoms with van der Waals surface area (Å²) in [5.74, 6) is -0.154. The summed E-state index contributed by atoms with van der Waals surface area (Å²) in [5, 5.41) is 7.36. The zero-order chi connectivity index (χ0) is 10.1. The Labute approximate surface area is 80.5 Å². The molecule has 0 saturated carbocycles. The van der Waals surface area contributed by atoms with Gasteiger partial charge in [0.25, 0.3) is 5.91 Å². The molecular formula is C8H11FN4O. The van der Waals surface area contributed by atoms with Gasteiger partial charge >= 0.3 is 0 Å². The topological polar surface area (TPSA) is 51.0 Å². The second-order valence-corrected chi connectivity index (χ2v) is 3.51. The molecule has 0 spiro atoms. The summed E-state index contributed by atoms with van der Waals surface area (Å²) in [5.41, 5.74) is 0.324. The van der Waals surface area contributed by atoms with Gasteiger partial charge in [0.15, 0.2) is 5.69 Å². The van der Waals surface area contributed by atoms with Crippen molar-refractivity contribution in [2.75, 3.05) is 19.8 Å². The van der Waals surface area contributed by atoms with Gasteiger partial charge in [-0.05, 0) is 0 Å². The van der Waals surface area contributed by atoms with Crippen LogP contribution in [0.25, 0.3) is 0 Å². The molecule has 1 aromatic rings. The van der Waals surface area contributed by atoms with Crippen molar-refractivity contribution in [2.45, 2.75) is 0 Å². The number of carbonyl (C=O) groups is 1. The Morgan fingerprint density at radius 3 is 2.93 bits per heavy atom. The predicted octanol–water partition coefficient (Wildman–Crippen LogP) is -0.143. The van der Waals surface area contributed by atoms with Crippen LogP contribution in [-0.2, 0) is 7.05 Å². The third-order valence-corrected chi connectivity index (χ3v) is 2.28. The van der Waals surface area contributed by atoms with Crippen molar-refractivity contribution in [3.63, 3.8) is 0 Å². The fraction of sp³-hybridized carbons (Fsp3) is 0.625. The first kappa shape index (κ1) is 9.11. The first-order valence-corrected chi connectivity index (χ1v) is 4.42. The molecule has 0 bridgehead atoms. The zero-order valence-corrected chi connectivity index (χ0v) is 7.85. The van der Waals surface area contributed by atoms with Crippen molar-refractivity contribution in [3.05, 3.63) is 11.9 Å². The first-order valence-electron chi connectivity index (χ1n) is 4.42. The molecule has 2 rings (SSSR count). The zero-order valence-electron chi connectivity index (χ0n) is 7.85. The van der Waals surface area contributed by atoms with Crippen molar-refractivity contribution in [2.24, 2.45) is 13.0 Å². The number of likely N-dealkylation sites (tertiary alicyclic amines) is 1. The Morgan fingerprint density at radius 1 is 1.71 bits per heavy atom. The van der Waals surface area contributed by atoms with Gasteiger partial charge in [-0.2, -0.15) is 0 Å². The van der Waals surface area contributed by atoms with Crippen molar-refractivity contribution in [1.29, 1.82) is 0 Å². The van der Waals surface area contributed by atoms with Crippen LogP contribution in [0.3, 0.4) is 0 Å². The Kier molecular flexibility index (Phi) is 2.18. The van der Waals surface area contributed by atoms with E-state index in [1.165, 1.54) is 4.68 Å². The van der Waals surface area contributed by atoms with Gasteiger partial charge in [0.1, 0.15) is 0 Å². The third-order valence-electron chi connectivity index (χ3n) is 2.28. The SMILES string of the molecule is Cn1cc(C(=O)N2CC(CF)C2)nn1. The number of aryl methyl sites for hydroxylation is 1. The number of hydrogen-bond donors (Lipinski definition) is 0. The van der Waals surface area contributed by atoms with E-state index in [0.29, 0.717) is 18.8 Å². The molecule has 0 aromatic carbocycles. The van der Waals surface area contributed by atoms with Gasteiger partial charge in [-0.3, -0.25) is 13.9 Å². The Hall–Kier alpha value is -1.46. The molecular weight excluding hydrogens is 187 g/mol. The molecule has 1 aliphatic heterocycles. The normalized spacial score (nSPS) is 16.9. The van der Waals surface area contributed by atoms with E-state index in [1.807, 2.05) is 0 Å². The standard InChI is InChI=1S/C8H11FN4O/c1-12-5-7(10-11-12)8(14)13-3-6(2-9)4-13/h5-6H,2-4H2,1H3. The van der Waals surface area contributed by atoms with E-state index in [4.69, 9.17) is 0 Å². The van der Waals surface area contributed by atoms with E-state index in [2.05, 4.69) is 10.3 Å². The minimum atomic E-state index is -0.357. The number of alkyl halides is 1. The van der Waals surface area contributed by atoms with Crippen LogP contribution in [-0.4, -0.2) is 45.6 Å². The van der Waals surface area contributed by atoms with Gasteiger partial charge in [-0.15, -0.1) is 5.10 Å². The molecule has 5 nitrogen and oxygen atoms in total. The molecule has 76 valence electrons. The van der Waals surface area contributed by atoms with Gasteiger partial charge in [0.2, 0.25) is 0 Å². The van der Waals surface area contributed by atoms with Crippen LogP contribution in [0.4, 0.5) is 4.39 Å². The number of rotatable bonds is 2. The number of hydrogen-bond acceptors (Lipinski definition) is 3. The summed E-state index contributed by atoms with van der Waals surface area (Å²) < 4.78 is 13.6. The highest BCUT2D eigenvalue weighted by atomic mass is 19.1. The minimum absolute atomic E-state index is 0.00983. The third kappa shape index (κ3) is 1.47. The highest BCUT2D eigenvalue weighted by Crippen LogP contribution is 2.17. The minimum Gasteiger partial charge on any atom is -0.336 e. The largest absolute Gasteiger partial charge is 0.336 e. The summed E-state index contributed by atoms with van der Waals surface area (Å²) in [6, 6.07) is 0. The molecule has 0 unspecified atom stereocenters. The highest BCUT2D eigenvalue weighted by Gasteiger charge is 2.32.